The second-order valence-electron chi connectivity index (χ2n) is 6.40. The van der Waals surface area contributed by atoms with Crippen LogP contribution in [0.5, 0.6) is 0 Å². The molecule has 122 valence electrons. The topological polar surface area (TPSA) is 48.4 Å². The van der Waals surface area contributed by atoms with E-state index in [0.717, 1.165) is 25.1 Å². The van der Waals surface area contributed by atoms with E-state index in [1.165, 1.54) is 5.56 Å². The van der Waals surface area contributed by atoms with E-state index in [1.54, 1.807) is 12.4 Å². The Hall–Kier alpha value is -1.75. The molecule has 0 saturated carbocycles. The fourth-order valence-electron chi connectivity index (χ4n) is 3.27. The summed E-state index contributed by atoms with van der Waals surface area (Å²) >= 11 is 0. The van der Waals surface area contributed by atoms with Crippen molar-refractivity contribution in [3.8, 4) is 0 Å². The first-order valence-corrected chi connectivity index (χ1v) is 8.31. The summed E-state index contributed by atoms with van der Waals surface area (Å²) in [5.74, 6) is 0. The summed E-state index contributed by atoms with van der Waals surface area (Å²) in [7, 11) is 0. The number of rotatable bonds is 6. The van der Waals surface area contributed by atoms with Crippen molar-refractivity contribution < 1.29 is 5.11 Å². The number of pyridine rings is 1. The molecule has 0 bridgehead atoms. The van der Waals surface area contributed by atoms with Crippen LogP contribution < -0.4 is 5.32 Å². The van der Waals surface area contributed by atoms with Crippen LogP contribution in [0.3, 0.4) is 0 Å². The van der Waals surface area contributed by atoms with Gasteiger partial charge in [-0.25, -0.2) is 0 Å². The van der Waals surface area contributed by atoms with E-state index >= 15 is 0 Å². The maximum atomic E-state index is 10.2. The summed E-state index contributed by atoms with van der Waals surface area (Å²) in [6.45, 7) is 4.89. The number of likely N-dealkylation sites (tertiary alicyclic amines) is 1. The highest BCUT2D eigenvalue weighted by Gasteiger charge is 2.28. The predicted octanol–water partition coefficient (Wildman–Crippen LogP) is 2.37. The summed E-state index contributed by atoms with van der Waals surface area (Å²) in [5.41, 5.74) is 2.27. The minimum absolute atomic E-state index is 0.435. The number of nitrogens with one attached hydrogen (secondary N) is 1. The van der Waals surface area contributed by atoms with Crippen LogP contribution in [-0.2, 0) is 6.54 Å². The number of nitrogens with zero attached hydrogens (tertiary/aromatic N) is 2. The molecule has 0 amide bonds. The Balaban J connectivity index is 1.49. The number of aromatic nitrogens is 1. The highest BCUT2D eigenvalue weighted by Crippen LogP contribution is 2.21. The van der Waals surface area contributed by atoms with Crippen molar-refractivity contribution in [1.82, 2.24) is 15.2 Å². The summed E-state index contributed by atoms with van der Waals surface area (Å²) in [5, 5.41) is 13.8. The van der Waals surface area contributed by atoms with E-state index in [1.807, 2.05) is 12.1 Å². The third-order valence-electron chi connectivity index (χ3n) is 4.62. The molecule has 1 aliphatic rings. The maximum absolute atomic E-state index is 10.2. The third-order valence-corrected chi connectivity index (χ3v) is 4.62. The van der Waals surface area contributed by atoms with Crippen LogP contribution in [-0.4, -0.2) is 40.2 Å². The van der Waals surface area contributed by atoms with E-state index in [9.17, 15) is 5.11 Å². The van der Waals surface area contributed by atoms with E-state index in [-0.39, 0.29) is 0 Å². The smallest absolute Gasteiger partial charge is 0.0915 e. The van der Waals surface area contributed by atoms with Crippen LogP contribution in [0.25, 0.3) is 0 Å². The van der Waals surface area contributed by atoms with Gasteiger partial charge in [0.1, 0.15) is 0 Å². The first-order chi connectivity index (χ1) is 11.2. The van der Waals surface area contributed by atoms with Gasteiger partial charge in [-0.3, -0.25) is 9.88 Å². The number of benzene rings is 1. The van der Waals surface area contributed by atoms with E-state index in [4.69, 9.17) is 0 Å². The molecule has 3 rings (SSSR count). The zero-order valence-electron chi connectivity index (χ0n) is 13.6. The lowest BCUT2D eigenvalue weighted by atomic mass is 10.1. The summed E-state index contributed by atoms with van der Waals surface area (Å²) < 4.78 is 0. The zero-order chi connectivity index (χ0) is 16.1. The molecule has 0 radical (unpaired) electrons. The van der Waals surface area contributed by atoms with Gasteiger partial charge in [-0.05, 0) is 36.6 Å². The quantitative estimate of drug-likeness (QED) is 0.860. The van der Waals surface area contributed by atoms with Gasteiger partial charge in [0.25, 0.3) is 0 Å². The molecule has 2 heterocycles. The molecule has 23 heavy (non-hydrogen) atoms. The van der Waals surface area contributed by atoms with E-state index < -0.39 is 6.10 Å². The lowest BCUT2D eigenvalue weighted by molar-refractivity contribution is 0.169. The van der Waals surface area contributed by atoms with Gasteiger partial charge in [-0.15, -0.1) is 0 Å². The van der Waals surface area contributed by atoms with Crippen LogP contribution in [0.2, 0.25) is 0 Å². The molecule has 2 aromatic rings. The normalized spacial score (nSPS) is 23.0. The lowest BCUT2D eigenvalue weighted by Crippen LogP contribution is -2.35. The van der Waals surface area contributed by atoms with Crippen molar-refractivity contribution in [3.05, 3.63) is 66.0 Å². The number of aliphatic hydroxyl groups is 1. The molecule has 0 aliphatic carbocycles. The third kappa shape index (κ3) is 4.38. The van der Waals surface area contributed by atoms with Gasteiger partial charge in [-0.2, -0.15) is 0 Å². The van der Waals surface area contributed by atoms with Crippen molar-refractivity contribution >= 4 is 0 Å². The molecule has 3 unspecified atom stereocenters. The Morgan fingerprint density at radius 2 is 1.96 bits per heavy atom. The van der Waals surface area contributed by atoms with Crippen molar-refractivity contribution in [2.45, 2.75) is 38.1 Å². The molecular weight excluding hydrogens is 286 g/mol. The highest BCUT2D eigenvalue weighted by molar-refractivity contribution is 5.15. The first-order valence-electron chi connectivity index (χ1n) is 8.31. The van der Waals surface area contributed by atoms with Crippen molar-refractivity contribution in [1.29, 1.82) is 0 Å². The second kappa shape index (κ2) is 7.68. The van der Waals surface area contributed by atoms with Gasteiger partial charge in [-0.1, -0.05) is 30.3 Å². The average Bonchev–Trinajstić information content (AvgIpc) is 2.94. The fourth-order valence-corrected chi connectivity index (χ4v) is 3.27. The van der Waals surface area contributed by atoms with Gasteiger partial charge < -0.3 is 10.4 Å². The van der Waals surface area contributed by atoms with Crippen LogP contribution in [0.15, 0.2) is 54.9 Å². The average molecular weight is 311 g/mol. The van der Waals surface area contributed by atoms with E-state index in [2.05, 4.69) is 52.5 Å². The molecule has 4 nitrogen and oxygen atoms in total. The molecule has 3 atom stereocenters. The predicted molar refractivity (Wildman–Crippen MR) is 91.9 cm³/mol. The maximum Gasteiger partial charge on any atom is 0.0915 e. The van der Waals surface area contributed by atoms with Gasteiger partial charge in [0.2, 0.25) is 0 Å². The molecule has 1 aromatic carbocycles. The minimum atomic E-state index is -0.475. The summed E-state index contributed by atoms with van der Waals surface area (Å²) in [4.78, 5) is 6.49. The van der Waals surface area contributed by atoms with Crippen molar-refractivity contribution in [3.63, 3.8) is 0 Å². The van der Waals surface area contributed by atoms with Gasteiger partial charge >= 0.3 is 0 Å². The minimum Gasteiger partial charge on any atom is -0.387 e. The molecule has 1 aliphatic heterocycles. The van der Waals surface area contributed by atoms with Gasteiger partial charge in [0.05, 0.1) is 6.10 Å². The Bertz CT molecular complexity index is 590. The van der Waals surface area contributed by atoms with Crippen LogP contribution in [0.1, 0.15) is 30.6 Å². The van der Waals surface area contributed by atoms with Crippen LogP contribution in [0, 0.1) is 0 Å². The molecule has 4 heteroatoms. The Labute approximate surface area is 138 Å². The largest absolute Gasteiger partial charge is 0.387 e. The molecule has 1 saturated heterocycles. The fraction of sp³-hybridized carbons (Fsp3) is 0.421. The molecular formula is C19H25N3O. The molecule has 1 aromatic heterocycles. The second-order valence-corrected chi connectivity index (χ2v) is 6.40. The Morgan fingerprint density at radius 1 is 1.22 bits per heavy atom. The number of aliphatic hydroxyl groups excluding tert-OH is 1. The zero-order valence-corrected chi connectivity index (χ0v) is 13.6. The van der Waals surface area contributed by atoms with Crippen molar-refractivity contribution in [2.75, 3.05) is 13.1 Å². The molecule has 2 N–H and O–H groups in total. The monoisotopic (exact) mass is 311 g/mol. The van der Waals surface area contributed by atoms with Crippen LogP contribution in [0.4, 0.5) is 0 Å². The summed E-state index contributed by atoms with van der Waals surface area (Å²) in [6, 6.07) is 15.3. The van der Waals surface area contributed by atoms with E-state index in [0.29, 0.717) is 18.6 Å². The van der Waals surface area contributed by atoms with Crippen molar-refractivity contribution in [2.24, 2.45) is 0 Å². The molecule has 1 fully saturated rings. The number of hydrogen-bond acceptors (Lipinski definition) is 4. The lowest BCUT2D eigenvalue weighted by Gasteiger charge is -2.21. The first kappa shape index (κ1) is 16.1. The Kier molecular flexibility index (Phi) is 5.39. The highest BCUT2D eigenvalue weighted by atomic mass is 16.3. The standard InChI is InChI=1S/C19H25N3O/c1-15-11-18(14-22(15)13-16-5-3-2-4-6-16)21-12-19(23)17-7-9-20-10-8-17/h2-10,15,18-19,21,23H,11-14H2,1H3. The summed E-state index contributed by atoms with van der Waals surface area (Å²) in [6.07, 6.45) is 4.09. The Morgan fingerprint density at radius 3 is 2.70 bits per heavy atom. The van der Waals surface area contributed by atoms with Gasteiger partial charge in [0.15, 0.2) is 0 Å². The number of hydrogen-bond donors (Lipinski definition) is 2. The SMILES string of the molecule is CC1CC(NCC(O)c2ccncc2)CN1Cc1ccccc1. The van der Waals surface area contributed by atoms with Crippen LogP contribution >= 0.6 is 0 Å². The van der Waals surface area contributed by atoms with Gasteiger partial charge in [0, 0.05) is 44.1 Å². The molecule has 0 spiro atoms.